The number of aryl methyl sites for hydroxylation is 3. The van der Waals surface area contributed by atoms with Crippen molar-refractivity contribution in [3.63, 3.8) is 0 Å². The fourth-order valence-electron chi connectivity index (χ4n) is 7.80. The molecule has 0 aromatic carbocycles. The molecule has 0 amide bonds. The van der Waals surface area contributed by atoms with Crippen LogP contribution in [-0.2, 0) is 31.0 Å². The Morgan fingerprint density at radius 2 is 0.691 bits per heavy atom. The molecule has 3 unspecified atom stereocenters. The third-order valence-corrected chi connectivity index (χ3v) is 12.5. The van der Waals surface area contributed by atoms with E-state index in [1.54, 1.807) is 59.7 Å². The molecule has 0 radical (unpaired) electrons. The standard InChI is InChI=1S/3C16H19F3N4O4/c3*1-8-6-10(20)11-13-22-23-14(27-13)15(24,16(17,18)19)7-25-5-3-4-9(2)26-12(8)21-11/h3*6,9,24H,3-5,7,20H2,1-2H3/t3*9-,15?/m111/s1. The van der Waals surface area contributed by atoms with Gasteiger partial charge in [-0.25, -0.2) is 15.0 Å². The highest BCUT2D eigenvalue weighted by Crippen LogP contribution is 2.44. The number of aromatic nitrogens is 9. The zero-order valence-electron chi connectivity index (χ0n) is 44.1. The minimum atomic E-state index is -5.08. The van der Waals surface area contributed by atoms with Crippen LogP contribution in [0.25, 0.3) is 34.8 Å². The van der Waals surface area contributed by atoms with Crippen molar-refractivity contribution in [1.82, 2.24) is 45.5 Å². The van der Waals surface area contributed by atoms with Gasteiger partial charge >= 0.3 is 18.5 Å². The smallest absolute Gasteiger partial charge is 0.428 e. The third-order valence-electron chi connectivity index (χ3n) is 12.5. The normalized spacial score (nSPS) is 24.1. The number of anilines is 3. The Bertz CT molecular complexity index is 2800. The number of hydrogen-bond donors (Lipinski definition) is 6. The van der Waals surface area contributed by atoms with Gasteiger partial charge in [0.25, 0.3) is 52.1 Å². The fraction of sp³-hybridized carbons (Fsp3) is 0.562. The number of hydrogen-bond acceptors (Lipinski definition) is 24. The molecule has 9 rings (SSSR count). The van der Waals surface area contributed by atoms with Gasteiger partial charge in [-0.05, 0) is 98.3 Å². The molecule has 0 saturated carbocycles. The summed E-state index contributed by atoms with van der Waals surface area (Å²) in [6.07, 6.45) is -13.2. The number of nitrogens with zero attached hydrogens (tertiary/aromatic N) is 9. The van der Waals surface area contributed by atoms with Crippen molar-refractivity contribution in [2.24, 2.45) is 0 Å². The first-order valence-electron chi connectivity index (χ1n) is 24.8. The number of rotatable bonds is 0. The van der Waals surface area contributed by atoms with E-state index in [0.29, 0.717) is 55.2 Å². The van der Waals surface area contributed by atoms with E-state index in [4.69, 9.17) is 58.9 Å². The molecule has 3 aliphatic heterocycles. The zero-order chi connectivity index (χ0) is 59.5. The van der Waals surface area contributed by atoms with Crippen molar-refractivity contribution in [3.05, 3.63) is 52.6 Å². The summed E-state index contributed by atoms with van der Waals surface area (Å²) in [6.45, 7) is 7.39. The van der Waals surface area contributed by atoms with Crippen LogP contribution in [0.4, 0.5) is 56.6 Å². The first-order valence-corrected chi connectivity index (χ1v) is 24.8. The Balaban J connectivity index is 0.000000175. The molecule has 12 bridgehead atoms. The van der Waals surface area contributed by atoms with Crippen LogP contribution >= 0.6 is 0 Å². The van der Waals surface area contributed by atoms with E-state index in [0.717, 1.165) is 0 Å². The second-order valence-electron chi connectivity index (χ2n) is 19.3. The maximum atomic E-state index is 13.5. The second-order valence-corrected chi connectivity index (χ2v) is 19.3. The van der Waals surface area contributed by atoms with E-state index in [-0.39, 0.29) is 108 Å². The van der Waals surface area contributed by atoms with Crippen molar-refractivity contribution >= 4 is 17.1 Å². The van der Waals surface area contributed by atoms with Gasteiger partial charge in [-0.1, -0.05) is 0 Å². The summed E-state index contributed by atoms with van der Waals surface area (Å²) in [6, 6.07) is 4.66. The highest BCUT2D eigenvalue weighted by molar-refractivity contribution is 5.69. The van der Waals surface area contributed by atoms with E-state index in [1.165, 1.54) is 0 Å². The molecule has 33 heteroatoms. The summed E-state index contributed by atoms with van der Waals surface area (Å²) in [5.74, 6) is -3.43. The predicted octanol–water partition coefficient (Wildman–Crippen LogP) is 7.05. The summed E-state index contributed by atoms with van der Waals surface area (Å²) in [7, 11) is 0. The van der Waals surface area contributed by atoms with Crippen molar-refractivity contribution < 1.29 is 96.5 Å². The van der Waals surface area contributed by atoms with Gasteiger partial charge in [-0.3, -0.25) is 0 Å². The monoisotopic (exact) mass is 1160 g/mol. The van der Waals surface area contributed by atoms with Crippen molar-refractivity contribution in [1.29, 1.82) is 0 Å². The van der Waals surface area contributed by atoms with Gasteiger partial charge in [0.1, 0.15) is 0 Å². The molecule has 6 aromatic heterocycles. The van der Waals surface area contributed by atoms with Crippen LogP contribution in [0.2, 0.25) is 0 Å². The van der Waals surface area contributed by atoms with Gasteiger partial charge in [-0.15, -0.1) is 30.6 Å². The lowest BCUT2D eigenvalue weighted by atomic mass is 10.1. The molecule has 6 atom stereocenters. The second kappa shape index (κ2) is 24.1. The number of nitrogen functional groups attached to an aromatic ring is 3. The van der Waals surface area contributed by atoms with Crippen molar-refractivity contribution in [3.8, 4) is 52.4 Å². The Morgan fingerprint density at radius 1 is 0.444 bits per heavy atom. The minimum absolute atomic E-state index is 0.00746. The van der Waals surface area contributed by atoms with E-state index in [1.807, 2.05) is 0 Å². The number of halogens is 9. The third kappa shape index (κ3) is 13.6. The molecule has 24 nitrogen and oxygen atoms in total. The van der Waals surface area contributed by atoms with Crippen LogP contribution in [0.3, 0.4) is 0 Å². The van der Waals surface area contributed by atoms with E-state index in [9.17, 15) is 54.8 Å². The summed E-state index contributed by atoms with van der Waals surface area (Å²) in [5.41, 5.74) is 9.66. The molecular formula is C48H57F9N12O12. The van der Waals surface area contributed by atoms with Gasteiger partial charge in [-0.2, -0.15) is 39.5 Å². The number of alkyl halides is 9. The van der Waals surface area contributed by atoms with Gasteiger partial charge in [0.15, 0.2) is 17.1 Å². The van der Waals surface area contributed by atoms with Crippen LogP contribution in [0.1, 0.15) is 93.7 Å². The minimum Gasteiger partial charge on any atom is -0.474 e. The summed E-state index contributed by atoms with van der Waals surface area (Å²) in [5, 5.41) is 51.4. The highest BCUT2D eigenvalue weighted by Gasteiger charge is 2.62. The van der Waals surface area contributed by atoms with Crippen LogP contribution in [0.5, 0.6) is 17.6 Å². The summed E-state index contributed by atoms with van der Waals surface area (Å²) >= 11 is 0. The number of nitrogens with two attached hydrogens (primary N) is 3. The Morgan fingerprint density at radius 3 is 0.926 bits per heavy atom. The predicted molar refractivity (Wildman–Crippen MR) is 260 cm³/mol. The molecule has 9 heterocycles. The van der Waals surface area contributed by atoms with Crippen LogP contribution in [0.15, 0.2) is 31.5 Å². The van der Waals surface area contributed by atoms with Crippen LogP contribution in [-0.4, -0.2) is 137 Å². The lowest BCUT2D eigenvalue weighted by Crippen LogP contribution is -2.46. The number of fused-ring (bicyclic) bond motifs is 15. The molecular weight excluding hydrogens is 1110 g/mol. The number of pyridine rings is 3. The first kappa shape index (κ1) is 61.4. The zero-order valence-corrected chi connectivity index (χ0v) is 44.1. The Hall–Kier alpha value is -7.20. The van der Waals surface area contributed by atoms with E-state index in [2.05, 4.69) is 45.5 Å². The maximum Gasteiger partial charge on any atom is 0.428 e. The molecule has 444 valence electrons. The highest BCUT2D eigenvalue weighted by atomic mass is 19.4. The van der Waals surface area contributed by atoms with Crippen molar-refractivity contribution in [2.75, 3.05) is 56.8 Å². The molecule has 0 fully saturated rings. The van der Waals surface area contributed by atoms with Gasteiger partial charge in [0, 0.05) is 36.5 Å². The van der Waals surface area contributed by atoms with Gasteiger partial charge in [0.05, 0.1) is 55.2 Å². The first-order chi connectivity index (χ1) is 37.8. The fourth-order valence-corrected chi connectivity index (χ4v) is 7.80. The van der Waals surface area contributed by atoms with Gasteiger partial charge < -0.3 is 74.2 Å². The largest absolute Gasteiger partial charge is 0.474 e. The molecule has 0 aliphatic carbocycles. The van der Waals surface area contributed by atoms with Crippen LogP contribution < -0.4 is 31.4 Å². The van der Waals surface area contributed by atoms with Gasteiger partial charge in [0.2, 0.25) is 17.6 Å². The molecule has 0 spiro atoms. The lowest BCUT2D eigenvalue weighted by molar-refractivity contribution is -0.289. The maximum absolute atomic E-state index is 13.5. The van der Waals surface area contributed by atoms with E-state index < -0.39 is 72.8 Å². The molecule has 0 saturated heterocycles. The Kier molecular flexibility index (Phi) is 18.3. The molecule has 3 aliphatic rings. The summed E-state index contributed by atoms with van der Waals surface area (Å²) < 4.78 is 169. The Labute approximate surface area is 453 Å². The number of aliphatic hydroxyl groups is 3. The van der Waals surface area contributed by atoms with Crippen molar-refractivity contribution in [2.45, 2.75) is 134 Å². The number of ether oxygens (including phenoxy) is 6. The molecule has 6 aromatic rings. The molecule has 81 heavy (non-hydrogen) atoms. The summed E-state index contributed by atoms with van der Waals surface area (Å²) in [4.78, 5) is 12.7. The average molecular weight is 1170 g/mol. The average Bonchev–Trinajstić information content (AvgIpc) is 4.18. The van der Waals surface area contributed by atoms with Crippen LogP contribution in [0, 0.1) is 20.8 Å². The molecule has 9 N–H and O–H groups in total. The SMILES string of the molecule is Cc1cc(N)c2nc1O[C@H](C)CCCOCC(O)(C(F)(F)F)c1nnc-2o1.Cc1cc(N)c2nc1O[C@H](C)CCCOCC(O)(C(F)(F)F)c1nnc-2o1.Cc1cc(N)c2nc1O[C@H](C)CCCOCC(O)(C(F)(F)F)c1nnc-2o1. The topological polar surface area (TPSA) is 350 Å². The quantitative estimate of drug-likeness (QED) is 0.0829. The lowest BCUT2D eigenvalue weighted by Gasteiger charge is -2.26. The van der Waals surface area contributed by atoms with E-state index >= 15 is 0 Å².